The number of methoxy groups -OCH3 is 1. The molecule has 0 aliphatic rings. The highest BCUT2D eigenvalue weighted by Crippen LogP contribution is 2.33. The van der Waals surface area contributed by atoms with Crippen LogP contribution >= 0.6 is 0 Å². The predicted octanol–water partition coefficient (Wildman–Crippen LogP) is 4.49. The van der Waals surface area contributed by atoms with Crippen molar-refractivity contribution in [2.45, 2.75) is 26.6 Å². The van der Waals surface area contributed by atoms with E-state index in [1.165, 1.54) is 0 Å². The molecule has 28 heavy (non-hydrogen) atoms. The SMILES string of the molecule is COc1cc(NC(=O)c2cccc(OC(C)C)c2)ccc1-c1ccc(CO)o1. The highest BCUT2D eigenvalue weighted by atomic mass is 16.5. The number of carbonyl (C=O) groups is 1. The van der Waals surface area contributed by atoms with Crippen molar-refractivity contribution in [1.82, 2.24) is 0 Å². The van der Waals surface area contributed by atoms with Crippen LogP contribution in [0.5, 0.6) is 11.5 Å². The first-order valence-electron chi connectivity index (χ1n) is 8.96. The summed E-state index contributed by atoms with van der Waals surface area (Å²) < 4.78 is 16.6. The zero-order chi connectivity index (χ0) is 20.1. The molecule has 0 bridgehead atoms. The lowest BCUT2D eigenvalue weighted by Crippen LogP contribution is -2.13. The van der Waals surface area contributed by atoms with Crippen molar-refractivity contribution in [2.75, 3.05) is 12.4 Å². The second-order valence-corrected chi connectivity index (χ2v) is 6.49. The van der Waals surface area contributed by atoms with Crippen molar-refractivity contribution in [1.29, 1.82) is 0 Å². The van der Waals surface area contributed by atoms with Gasteiger partial charge in [0, 0.05) is 17.3 Å². The number of amides is 1. The van der Waals surface area contributed by atoms with Gasteiger partial charge in [0.2, 0.25) is 0 Å². The molecular formula is C22H23NO5. The van der Waals surface area contributed by atoms with E-state index >= 15 is 0 Å². The van der Waals surface area contributed by atoms with Gasteiger partial charge >= 0.3 is 0 Å². The molecule has 1 amide bonds. The largest absolute Gasteiger partial charge is 0.496 e. The first kappa shape index (κ1) is 19.5. The fourth-order valence-corrected chi connectivity index (χ4v) is 2.77. The summed E-state index contributed by atoms with van der Waals surface area (Å²) in [6.07, 6.45) is 0.0306. The van der Waals surface area contributed by atoms with E-state index < -0.39 is 0 Å². The Labute approximate surface area is 163 Å². The summed E-state index contributed by atoms with van der Waals surface area (Å²) in [6, 6.07) is 15.8. The maximum atomic E-state index is 12.6. The van der Waals surface area contributed by atoms with E-state index in [1.54, 1.807) is 55.6 Å². The zero-order valence-corrected chi connectivity index (χ0v) is 16.1. The maximum Gasteiger partial charge on any atom is 0.255 e. The van der Waals surface area contributed by atoms with E-state index in [0.29, 0.717) is 34.3 Å². The second kappa shape index (κ2) is 8.63. The van der Waals surface area contributed by atoms with Crippen LogP contribution in [0.25, 0.3) is 11.3 Å². The Hall–Kier alpha value is -3.25. The molecule has 0 saturated carbocycles. The predicted molar refractivity (Wildman–Crippen MR) is 107 cm³/mol. The molecular weight excluding hydrogens is 358 g/mol. The molecule has 2 aromatic carbocycles. The Bertz CT molecular complexity index is 961. The lowest BCUT2D eigenvalue weighted by atomic mass is 10.1. The minimum absolute atomic E-state index is 0.0306. The van der Waals surface area contributed by atoms with Crippen LogP contribution < -0.4 is 14.8 Å². The van der Waals surface area contributed by atoms with Crippen LogP contribution in [0.1, 0.15) is 30.0 Å². The van der Waals surface area contributed by atoms with Crippen LogP contribution in [0.4, 0.5) is 5.69 Å². The Balaban J connectivity index is 1.80. The van der Waals surface area contributed by atoms with Crippen molar-refractivity contribution >= 4 is 11.6 Å². The number of furan rings is 1. The Kier molecular flexibility index (Phi) is 6.01. The van der Waals surface area contributed by atoms with Gasteiger partial charge in [-0.05, 0) is 56.3 Å². The molecule has 0 atom stereocenters. The number of aliphatic hydroxyl groups excluding tert-OH is 1. The number of hydrogen-bond acceptors (Lipinski definition) is 5. The minimum Gasteiger partial charge on any atom is -0.496 e. The van der Waals surface area contributed by atoms with Gasteiger partial charge in [-0.15, -0.1) is 0 Å². The van der Waals surface area contributed by atoms with Gasteiger partial charge in [-0.25, -0.2) is 0 Å². The number of nitrogens with one attached hydrogen (secondary N) is 1. The molecule has 0 fully saturated rings. The van der Waals surface area contributed by atoms with Gasteiger partial charge in [-0.1, -0.05) is 6.07 Å². The van der Waals surface area contributed by atoms with Crippen molar-refractivity contribution < 1.29 is 23.8 Å². The van der Waals surface area contributed by atoms with Gasteiger partial charge in [0.1, 0.15) is 29.6 Å². The van der Waals surface area contributed by atoms with Crippen molar-refractivity contribution in [3.8, 4) is 22.8 Å². The van der Waals surface area contributed by atoms with Gasteiger partial charge in [0.25, 0.3) is 5.91 Å². The summed E-state index contributed by atoms with van der Waals surface area (Å²) in [5.41, 5.74) is 1.82. The number of benzene rings is 2. The molecule has 0 radical (unpaired) electrons. The van der Waals surface area contributed by atoms with Crippen LogP contribution in [-0.2, 0) is 6.61 Å². The fourth-order valence-electron chi connectivity index (χ4n) is 2.77. The minimum atomic E-state index is -0.246. The first-order chi connectivity index (χ1) is 13.5. The normalized spacial score (nSPS) is 10.8. The molecule has 0 spiro atoms. The van der Waals surface area contributed by atoms with Crippen LogP contribution in [0.3, 0.4) is 0 Å². The molecule has 6 heteroatoms. The Morgan fingerprint density at radius 2 is 1.96 bits per heavy atom. The van der Waals surface area contributed by atoms with Gasteiger partial charge in [-0.2, -0.15) is 0 Å². The molecule has 3 rings (SSSR count). The van der Waals surface area contributed by atoms with Gasteiger partial charge in [0.05, 0.1) is 18.8 Å². The van der Waals surface area contributed by atoms with E-state index in [4.69, 9.17) is 19.0 Å². The van der Waals surface area contributed by atoms with E-state index in [2.05, 4.69) is 5.32 Å². The molecule has 6 nitrogen and oxygen atoms in total. The third kappa shape index (κ3) is 4.53. The number of ether oxygens (including phenoxy) is 2. The molecule has 0 unspecified atom stereocenters. The number of rotatable bonds is 7. The van der Waals surface area contributed by atoms with Crippen LogP contribution in [-0.4, -0.2) is 24.2 Å². The molecule has 0 saturated heterocycles. The standard InChI is InChI=1S/C22H23NO5/c1-14(2)27-17-6-4-5-15(11-17)22(25)23-16-7-9-19(21(12-16)26-3)20-10-8-18(13-24)28-20/h4-12,14,24H,13H2,1-3H3,(H,23,25). The Morgan fingerprint density at radius 3 is 2.64 bits per heavy atom. The van der Waals surface area contributed by atoms with Gasteiger partial charge in [0.15, 0.2) is 0 Å². The number of carbonyl (C=O) groups excluding carboxylic acids is 1. The molecule has 146 valence electrons. The van der Waals surface area contributed by atoms with E-state index in [0.717, 1.165) is 5.56 Å². The average Bonchev–Trinajstić information content (AvgIpc) is 3.16. The number of hydrogen-bond donors (Lipinski definition) is 2. The molecule has 2 N–H and O–H groups in total. The van der Waals surface area contributed by atoms with Gasteiger partial charge < -0.3 is 24.3 Å². The highest BCUT2D eigenvalue weighted by molar-refractivity contribution is 6.04. The summed E-state index contributed by atoms with van der Waals surface area (Å²) in [5, 5.41) is 12.0. The van der Waals surface area contributed by atoms with Crippen LogP contribution in [0.15, 0.2) is 59.0 Å². The molecule has 3 aromatic rings. The molecule has 0 aliphatic carbocycles. The molecule has 1 heterocycles. The summed E-state index contributed by atoms with van der Waals surface area (Å²) in [4.78, 5) is 12.6. The zero-order valence-electron chi connectivity index (χ0n) is 16.1. The third-order valence-electron chi connectivity index (χ3n) is 4.01. The van der Waals surface area contributed by atoms with E-state index in [1.807, 2.05) is 19.9 Å². The maximum absolute atomic E-state index is 12.6. The number of anilines is 1. The van der Waals surface area contributed by atoms with Gasteiger partial charge in [-0.3, -0.25) is 4.79 Å². The summed E-state index contributed by atoms with van der Waals surface area (Å²) in [7, 11) is 1.55. The monoisotopic (exact) mass is 381 g/mol. The topological polar surface area (TPSA) is 80.9 Å². The summed E-state index contributed by atoms with van der Waals surface area (Å²) in [5.74, 6) is 2.00. The van der Waals surface area contributed by atoms with Crippen molar-refractivity contribution in [2.24, 2.45) is 0 Å². The van der Waals surface area contributed by atoms with Crippen molar-refractivity contribution in [3.63, 3.8) is 0 Å². The highest BCUT2D eigenvalue weighted by Gasteiger charge is 2.13. The van der Waals surface area contributed by atoms with Crippen LogP contribution in [0.2, 0.25) is 0 Å². The van der Waals surface area contributed by atoms with E-state index in [-0.39, 0.29) is 18.6 Å². The first-order valence-corrected chi connectivity index (χ1v) is 8.96. The Morgan fingerprint density at radius 1 is 1.14 bits per heavy atom. The third-order valence-corrected chi connectivity index (χ3v) is 4.01. The van der Waals surface area contributed by atoms with E-state index in [9.17, 15) is 4.79 Å². The molecule has 0 aliphatic heterocycles. The lowest BCUT2D eigenvalue weighted by Gasteiger charge is -2.12. The van der Waals surface area contributed by atoms with Crippen molar-refractivity contribution in [3.05, 3.63) is 65.9 Å². The molecule has 1 aromatic heterocycles. The number of aliphatic hydroxyl groups is 1. The fraction of sp³-hybridized carbons (Fsp3) is 0.227. The summed E-state index contributed by atoms with van der Waals surface area (Å²) >= 11 is 0. The smallest absolute Gasteiger partial charge is 0.255 e. The quantitative estimate of drug-likeness (QED) is 0.630. The average molecular weight is 381 g/mol. The van der Waals surface area contributed by atoms with Crippen LogP contribution in [0, 0.1) is 0 Å². The second-order valence-electron chi connectivity index (χ2n) is 6.49. The lowest BCUT2D eigenvalue weighted by molar-refractivity contribution is 0.102. The summed E-state index contributed by atoms with van der Waals surface area (Å²) in [6.45, 7) is 3.70.